The van der Waals surface area contributed by atoms with E-state index in [0.29, 0.717) is 6.42 Å². The number of carbonyl (C=O) groups excluding carboxylic acids is 1. The first-order valence-corrected chi connectivity index (χ1v) is 6.61. The van der Waals surface area contributed by atoms with Gasteiger partial charge in [-0.05, 0) is 24.5 Å². The Kier molecular flexibility index (Phi) is 5.55. The molecule has 0 saturated heterocycles. The zero-order valence-corrected chi connectivity index (χ0v) is 11.8. The summed E-state index contributed by atoms with van der Waals surface area (Å²) in [4.78, 5) is 24.4. The average Bonchev–Trinajstić information content (AvgIpc) is 2.39. The third-order valence-corrected chi connectivity index (χ3v) is 3.12. The van der Waals surface area contributed by atoms with E-state index in [1.807, 2.05) is 32.0 Å². The second-order valence-corrected chi connectivity index (χ2v) is 4.48. The number of benzene rings is 1. The molecule has 0 saturated carbocycles. The van der Waals surface area contributed by atoms with Gasteiger partial charge in [0.1, 0.15) is 0 Å². The summed E-state index contributed by atoms with van der Waals surface area (Å²) in [6.45, 7) is 6.00. The topological polar surface area (TPSA) is 57.6 Å². The second-order valence-electron chi connectivity index (χ2n) is 4.48. The van der Waals surface area contributed by atoms with Crippen LogP contribution in [0, 0.1) is 6.92 Å². The Bertz CT molecular complexity index is 468. The average molecular weight is 263 g/mol. The van der Waals surface area contributed by atoms with Crippen molar-refractivity contribution in [1.82, 2.24) is 0 Å². The number of carboxylic acids is 1. The highest BCUT2D eigenvalue weighted by Gasteiger charge is 2.19. The number of nitrogens with zero attached hydrogens (tertiary/aromatic N) is 1. The molecule has 0 fully saturated rings. The molecular formula is C15H21NO3. The molecule has 104 valence electrons. The van der Waals surface area contributed by atoms with E-state index in [4.69, 9.17) is 5.11 Å². The van der Waals surface area contributed by atoms with Crippen molar-refractivity contribution < 1.29 is 14.7 Å². The van der Waals surface area contributed by atoms with E-state index in [-0.39, 0.29) is 18.9 Å². The number of anilines is 1. The molecule has 0 unspecified atom stereocenters. The molecule has 19 heavy (non-hydrogen) atoms. The van der Waals surface area contributed by atoms with Crippen molar-refractivity contribution in [2.75, 3.05) is 11.4 Å². The summed E-state index contributed by atoms with van der Waals surface area (Å²) < 4.78 is 0. The summed E-state index contributed by atoms with van der Waals surface area (Å²) in [5, 5.41) is 8.82. The Balaban J connectivity index is 3.16. The van der Waals surface area contributed by atoms with Gasteiger partial charge in [-0.1, -0.05) is 32.0 Å². The van der Waals surface area contributed by atoms with Gasteiger partial charge in [-0.25, -0.2) is 0 Å². The van der Waals surface area contributed by atoms with Gasteiger partial charge in [-0.3, -0.25) is 9.59 Å². The SMILES string of the molecule is CCC(=O)N(CCC(=O)O)c1c(C)cccc1CC. The molecule has 1 amide bonds. The molecular weight excluding hydrogens is 242 g/mol. The number of para-hydroxylation sites is 1. The van der Waals surface area contributed by atoms with Crippen molar-refractivity contribution >= 4 is 17.6 Å². The molecule has 0 atom stereocenters. The fraction of sp³-hybridized carbons (Fsp3) is 0.467. The van der Waals surface area contributed by atoms with Crippen LogP contribution in [0.15, 0.2) is 18.2 Å². The number of carbonyl (C=O) groups is 2. The van der Waals surface area contributed by atoms with E-state index in [9.17, 15) is 9.59 Å². The van der Waals surface area contributed by atoms with Crippen molar-refractivity contribution in [1.29, 1.82) is 0 Å². The molecule has 0 aliphatic rings. The van der Waals surface area contributed by atoms with Crippen molar-refractivity contribution in [3.05, 3.63) is 29.3 Å². The molecule has 1 N–H and O–H groups in total. The van der Waals surface area contributed by atoms with Crippen LogP contribution in [0.3, 0.4) is 0 Å². The van der Waals surface area contributed by atoms with Crippen LogP contribution in [0.2, 0.25) is 0 Å². The molecule has 1 aromatic carbocycles. The molecule has 1 aromatic rings. The third kappa shape index (κ3) is 3.81. The summed E-state index contributed by atoms with van der Waals surface area (Å²) in [7, 11) is 0. The van der Waals surface area contributed by atoms with Crippen molar-refractivity contribution in [2.24, 2.45) is 0 Å². The maximum absolute atomic E-state index is 12.1. The second kappa shape index (κ2) is 6.92. The number of aryl methyl sites for hydroxylation is 2. The lowest BCUT2D eigenvalue weighted by molar-refractivity contribution is -0.136. The van der Waals surface area contributed by atoms with Gasteiger partial charge in [0.25, 0.3) is 0 Å². The maximum Gasteiger partial charge on any atom is 0.305 e. The van der Waals surface area contributed by atoms with Crippen LogP contribution >= 0.6 is 0 Å². The summed E-state index contributed by atoms with van der Waals surface area (Å²) in [5.74, 6) is -0.925. The van der Waals surface area contributed by atoms with Gasteiger partial charge >= 0.3 is 5.97 Å². The van der Waals surface area contributed by atoms with Gasteiger partial charge in [-0.2, -0.15) is 0 Å². The fourth-order valence-corrected chi connectivity index (χ4v) is 2.15. The maximum atomic E-state index is 12.1. The zero-order chi connectivity index (χ0) is 14.4. The van der Waals surface area contributed by atoms with Crippen molar-refractivity contribution in [3.63, 3.8) is 0 Å². The van der Waals surface area contributed by atoms with Crippen LogP contribution in [-0.4, -0.2) is 23.5 Å². The number of amides is 1. The van der Waals surface area contributed by atoms with Crippen molar-refractivity contribution in [2.45, 2.75) is 40.0 Å². The Hall–Kier alpha value is -1.84. The number of hydrogen-bond donors (Lipinski definition) is 1. The highest BCUT2D eigenvalue weighted by atomic mass is 16.4. The molecule has 4 nitrogen and oxygen atoms in total. The van der Waals surface area contributed by atoms with Gasteiger partial charge in [-0.15, -0.1) is 0 Å². The molecule has 0 aromatic heterocycles. The van der Waals surface area contributed by atoms with Gasteiger partial charge in [0.05, 0.1) is 6.42 Å². The molecule has 0 aliphatic heterocycles. The summed E-state index contributed by atoms with van der Waals surface area (Å²) in [6.07, 6.45) is 1.15. The Morgan fingerprint density at radius 2 is 1.95 bits per heavy atom. The lowest BCUT2D eigenvalue weighted by atomic mass is 10.0. The largest absolute Gasteiger partial charge is 0.481 e. The van der Waals surface area contributed by atoms with Gasteiger partial charge < -0.3 is 10.0 Å². The van der Waals surface area contributed by atoms with Crippen LogP contribution in [0.25, 0.3) is 0 Å². The molecule has 0 bridgehead atoms. The predicted molar refractivity (Wildman–Crippen MR) is 75.5 cm³/mol. The standard InChI is InChI=1S/C15H21NO3/c1-4-12-8-6-7-11(3)15(12)16(13(17)5-2)10-9-14(18)19/h6-8H,4-5,9-10H2,1-3H3,(H,18,19). The third-order valence-electron chi connectivity index (χ3n) is 3.12. The van der Waals surface area contributed by atoms with E-state index < -0.39 is 5.97 Å². The minimum Gasteiger partial charge on any atom is -0.481 e. The summed E-state index contributed by atoms with van der Waals surface area (Å²) >= 11 is 0. The van der Waals surface area contributed by atoms with Crippen LogP contribution in [0.1, 0.15) is 37.8 Å². The zero-order valence-electron chi connectivity index (χ0n) is 11.8. The van der Waals surface area contributed by atoms with E-state index in [0.717, 1.165) is 23.2 Å². The van der Waals surface area contributed by atoms with E-state index >= 15 is 0 Å². The monoisotopic (exact) mass is 263 g/mol. The first-order chi connectivity index (χ1) is 9.01. The van der Waals surface area contributed by atoms with Gasteiger partial charge in [0.15, 0.2) is 0 Å². The molecule has 0 heterocycles. The normalized spacial score (nSPS) is 10.3. The highest BCUT2D eigenvalue weighted by Crippen LogP contribution is 2.26. The van der Waals surface area contributed by atoms with Gasteiger partial charge in [0, 0.05) is 18.7 Å². The number of rotatable bonds is 6. The quantitative estimate of drug-likeness (QED) is 0.858. The lowest BCUT2D eigenvalue weighted by Crippen LogP contribution is -2.33. The lowest BCUT2D eigenvalue weighted by Gasteiger charge is -2.26. The molecule has 4 heteroatoms. The molecule has 0 aliphatic carbocycles. The van der Waals surface area contributed by atoms with E-state index in [1.54, 1.807) is 11.8 Å². The Morgan fingerprint density at radius 3 is 2.47 bits per heavy atom. The highest BCUT2D eigenvalue weighted by molar-refractivity contribution is 5.95. The summed E-state index contributed by atoms with van der Waals surface area (Å²) in [6, 6.07) is 5.90. The number of hydrogen-bond acceptors (Lipinski definition) is 2. The Labute approximate surface area is 114 Å². The van der Waals surface area contributed by atoms with E-state index in [1.165, 1.54) is 0 Å². The Morgan fingerprint density at radius 1 is 1.26 bits per heavy atom. The molecule has 0 spiro atoms. The summed E-state index contributed by atoms with van der Waals surface area (Å²) in [5.41, 5.74) is 2.96. The van der Waals surface area contributed by atoms with E-state index in [2.05, 4.69) is 0 Å². The van der Waals surface area contributed by atoms with Crippen LogP contribution in [0.5, 0.6) is 0 Å². The van der Waals surface area contributed by atoms with Crippen LogP contribution < -0.4 is 4.90 Å². The van der Waals surface area contributed by atoms with Crippen LogP contribution in [0.4, 0.5) is 5.69 Å². The van der Waals surface area contributed by atoms with Crippen molar-refractivity contribution in [3.8, 4) is 0 Å². The minimum absolute atomic E-state index is 0.0368. The van der Waals surface area contributed by atoms with Crippen LogP contribution in [-0.2, 0) is 16.0 Å². The first kappa shape index (κ1) is 15.2. The molecule has 1 rings (SSSR count). The predicted octanol–water partition coefficient (Wildman–Crippen LogP) is 2.78. The fourth-order valence-electron chi connectivity index (χ4n) is 2.15. The number of carboxylic acid groups (broad SMARTS) is 1. The van der Waals surface area contributed by atoms with Gasteiger partial charge in [0.2, 0.25) is 5.91 Å². The smallest absolute Gasteiger partial charge is 0.305 e. The minimum atomic E-state index is -0.888. The first-order valence-electron chi connectivity index (χ1n) is 6.61. The molecule has 0 radical (unpaired) electrons. The number of aliphatic carboxylic acids is 1.